The standard InChI is InChI=1S/2C8H12S4.Ni/c2*9-7-8(10)12-6-4-2-1-3-5(6)11-7;/h2*5-6,9-10H,1-4H2;/p-4. The van der Waals surface area contributed by atoms with E-state index in [0.29, 0.717) is 0 Å². The zero-order chi connectivity index (χ0) is 17.1. The summed E-state index contributed by atoms with van der Waals surface area (Å²) < 4.78 is 3.88. The van der Waals surface area contributed by atoms with Crippen molar-refractivity contribution < 1.29 is 16.5 Å². The average molecular weight is 528 g/mol. The first-order chi connectivity index (χ1) is 11.5. The van der Waals surface area contributed by atoms with Gasteiger partial charge in [0, 0.05) is 37.5 Å². The number of rotatable bonds is 0. The van der Waals surface area contributed by atoms with Crippen LogP contribution >= 0.6 is 47.0 Å². The van der Waals surface area contributed by atoms with Crippen molar-refractivity contribution in [1.29, 1.82) is 0 Å². The molecule has 0 aromatic rings. The maximum Gasteiger partial charge on any atom is 0.0195 e. The Hall–Kier alpha value is 2.25. The van der Waals surface area contributed by atoms with Crippen LogP contribution < -0.4 is 0 Å². The molecule has 2 aliphatic heterocycles. The predicted molar refractivity (Wildman–Crippen MR) is 126 cm³/mol. The van der Waals surface area contributed by atoms with Crippen molar-refractivity contribution in [3.63, 3.8) is 0 Å². The molecule has 0 N–H and O–H groups in total. The summed E-state index contributed by atoms with van der Waals surface area (Å²) in [6.07, 6.45) is 10.9. The normalized spacial score (nSPS) is 34.9. The van der Waals surface area contributed by atoms with E-state index in [1.807, 2.05) is 47.0 Å². The van der Waals surface area contributed by atoms with E-state index in [1.54, 1.807) is 0 Å². The van der Waals surface area contributed by atoms with Crippen LogP contribution in [0.1, 0.15) is 51.4 Å². The minimum absolute atomic E-state index is 0. The molecule has 4 unspecified atom stereocenters. The topological polar surface area (TPSA) is 0 Å². The second-order valence-corrected chi connectivity index (χ2v) is 14.0. The molecule has 9 heteroatoms. The molecule has 2 fully saturated rings. The van der Waals surface area contributed by atoms with E-state index in [9.17, 15) is 0 Å². The van der Waals surface area contributed by atoms with Crippen LogP contribution in [-0.2, 0) is 67.0 Å². The van der Waals surface area contributed by atoms with Crippen LogP contribution in [0, 0.1) is 0 Å². The van der Waals surface area contributed by atoms with Crippen LogP contribution in [0.15, 0.2) is 16.9 Å². The molecule has 0 aromatic carbocycles. The van der Waals surface area contributed by atoms with Crippen LogP contribution in [0.5, 0.6) is 0 Å². The van der Waals surface area contributed by atoms with Crippen LogP contribution in [0.25, 0.3) is 0 Å². The molecule has 4 atom stereocenters. The third-order valence-electron chi connectivity index (χ3n) is 4.65. The Labute approximate surface area is 201 Å². The zero-order valence-electron chi connectivity index (χ0n) is 13.5. The van der Waals surface area contributed by atoms with E-state index < -0.39 is 0 Å². The molecule has 4 rings (SSSR count). The molecule has 2 saturated carbocycles. The molecule has 4 aliphatic rings. The molecule has 0 spiro atoms. The minimum Gasteiger partial charge on any atom is -0.774 e. The van der Waals surface area contributed by atoms with Crippen molar-refractivity contribution in [2.75, 3.05) is 0 Å². The van der Waals surface area contributed by atoms with Crippen molar-refractivity contribution in [1.82, 2.24) is 0 Å². The molecular weight excluding hydrogens is 507 g/mol. The molecular formula is C16H20NiS8-4. The number of thioether (sulfide) groups is 4. The largest absolute Gasteiger partial charge is 0.774 e. The van der Waals surface area contributed by atoms with E-state index in [0.717, 1.165) is 37.9 Å². The van der Waals surface area contributed by atoms with E-state index in [-0.39, 0.29) is 16.5 Å². The van der Waals surface area contributed by atoms with Crippen LogP contribution in [-0.4, -0.2) is 21.0 Å². The maximum absolute atomic E-state index is 5.20. The van der Waals surface area contributed by atoms with Gasteiger partial charge in [-0.25, -0.2) is 0 Å². The summed E-state index contributed by atoms with van der Waals surface area (Å²) in [4.78, 5) is 0. The van der Waals surface area contributed by atoms with E-state index in [1.165, 1.54) is 51.4 Å². The Bertz CT molecular complexity index is 430. The molecule has 146 valence electrons. The predicted octanol–water partition coefficient (Wildman–Crippen LogP) is 5.99. The summed E-state index contributed by atoms with van der Waals surface area (Å²) in [7, 11) is 0. The van der Waals surface area contributed by atoms with Gasteiger partial charge >= 0.3 is 0 Å². The van der Waals surface area contributed by atoms with Crippen molar-refractivity contribution in [2.24, 2.45) is 0 Å². The van der Waals surface area contributed by atoms with Crippen molar-refractivity contribution in [3.8, 4) is 0 Å². The zero-order valence-corrected chi connectivity index (χ0v) is 21.1. The van der Waals surface area contributed by atoms with E-state index in [4.69, 9.17) is 50.5 Å². The van der Waals surface area contributed by atoms with Gasteiger partial charge in [-0.1, -0.05) is 25.7 Å². The molecule has 0 amide bonds. The van der Waals surface area contributed by atoms with Gasteiger partial charge in [0.25, 0.3) is 0 Å². The Morgan fingerprint density at radius 1 is 0.480 bits per heavy atom. The molecule has 2 heterocycles. The number of fused-ring (bicyclic) bond motifs is 2. The Morgan fingerprint density at radius 2 is 0.680 bits per heavy atom. The fourth-order valence-electron chi connectivity index (χ4n) is 3.41. The third kappa shape index (κ3) is 6.63. The van der Waals surface area contributed by atoms with E-state index >= 15 is 0 Å². The smallest absolute Gasteiger partial charge is 0.0195 e. The van der Waals surface area contributed by atoms with Crippen LogP contribution in [0.3, 0.4) is 0 Å². The quantitative estimate of drug-likeness (QED) is 0.275. The fourth-order valence-corrected chi connectivity index (χ4v) is 10.5. The first kappa shape index (κ1) is 23.5. The summed E-state index contributed by atoms with van der Waals surface area (Å²) in [5.74, 6) is 0. The van der Waals surface area contributed by atoms with Crippen LogP contribution in [0.4, 0.5) is 0 Å². The van der Waals surface area contributed by atoms with Crippen LogP contribution in [0.2, 0.25) is 0 Å². The number of hydrogen-bond donors (Lipinski definition) is 0. The Kier molecular flexibility index (Phi) is 10.8. The van der Waals surface area contributed by atoms with Gasteiger partial charge in [-0.2, -0.15) is 64.0 Å². The first-order valence-electron chi connectivity index (χ1n) is 8.38. The molecule has 0 radical (unpaired) electrons. The fraction of sp³-hybridized carbons (Fsp3) is 0.750. The molecule has 0 aromatic heterocycles. The van der Waals surface area contributed by atoms with E-state index in [2.05, 4.69) is 0 Å². The molecule has 0 nitrogen and oxygen atoms in total. The Morgan fingerprint density at radius 3 is 0.880 bits per heavy atom. The van der Waals surface area contributed by atoms with Crippen molar-refractivity contribution >= 4 is 97.6 Å². The van der Waals surface area contributed by atoms with Gasteiger partial charge in [-0.3, -0.25) is 0 Å². The monoisotopic (exact) mass is 526 g/mol. The molecule has 0 bridgehead atoms. The molecule has 0 saturated heterocycles. The average Bonchev–Trinajstić information content (AvgIpc) is 2.57. The Balaban J connectivity index is 0.000000173. The summed E-state index contributed by atoms with van der Waals surface area (Å²) in [6.45, 7) is 0. The van der Waals surface area contributed by atoms with Crippen molar-refractivity contribution in [3.05, 3.63) is 16.9 Å². The van der Waals surface area contributed by atoms with Gasteiger partial charge in [0.15, 0.2) is 0 Å². The summed E-state index contributed by atoms with van der Waals surface area (Å²) in [5, 5.41) is 3.07. The van der Waals surface area contributed by atoms with Gasteiger partial charge in [0.2, 0.25) is 0 Å². The first-order valence-corrected chi connectivity index (χ1v) is 13.5. The second-order valence-electron chi connectivity index (χ2n) is 6.34. The maximum atomic E-state index is 5.20. The summed E-state index contributed by atoms with van der Waals surface area (Å²) in [5.41, 5.74) is 0. The van der Waals surface area contributed by atoms with Gasteiger partial charge < -0.3 is 50.5 Å². The molecule has 25 heavy (non-hydrogen) atoms. The SMILES string of the molecule is [Ni].[S-]C1=C([S-])SC2CCCCC2S1.[S-]C1=C([S-])SC2CCCCC2S1. The van der Waals surface area contributed by atoms with Gasteiger partial charge in [-0.15, -0.1) is 0 Å². The minimum atomic E-state index is 0. The third-order valence-corrected chi connectivity index (χ3v) is 13.1. The van der Waals surface area contributed by atoms with Gasteiger partial charge in [-0.05, 0) is 25.7 Å². The number of hydrogen-bond acceptors (Lipinski definition) is 8. The van der Waals surface area contributed by atoms with Gasteiger partial charge in [0.05, 0.1) is 0 Å². The second kappa shape index (κ2) is 11.4. The molecule has 2 aliphatic carbocycles. The van der Waals surface area contributed by atoms with Crippen molar-refractivity contribution in [2.45, 2.75) is 72.4 Å². The summed E-state index contributed by atoms with van der Waals surface area (Å²) >= 11 is 28.2. The van der Waals surface area contributed by atoms with Gasteiger partial charge in [0.1, 0.15) is 0 Å². The summed E-state index contributed by atoms with van der Waals surface area (Å²) in [6, 6.07) is 0.